The van der Waals surface area contributed by atoms with Gasteiger partial charge in [-0.1, -0.05) is 67.1 Å². The number of guanidine groups is 1. The molecule has 36 heavy (non-hydrogen) atoms. The number of quaternary nitrogens is 1. The number of carbonyl (C=O) groups is 2. The number of aryl methyl sites for hydroxylation is 2. The number of nitrogens with zero attached hydrogens (tertiary/aromatic N) is 3. The highest BCUT2D eigenvalue weighted by atomic mass is 16.2. The Labute approximate surface area is 212 Å². The molecule has 1 fully saturated rings. The second kappa shape index (κ2) is 10.3. The molecular weight excluding hydrogens is 450 g/mol. The van der Waals surface area contributed by atoms with Crippen molar-refractivity contribution in [2.24, 2.45) is 4.99 Å². The zero-order chi connectivity index (χ0) is 25.1. The molecule has 0 spiro atoms. The third kappa shape index (κ3) is 5.16. The van der Waals surface area contributed by atoms with E-state index in [0.29, 0.717) is 19.3 Å². The van der Waals surface area contributed by atoms with E-state index in [-0.39, 0.29) is 18.2 Å². The first-order valence-electron chi connectivity index (χ1n) is 12.5. The van der Waals surface area contributed by atoms with Crippen molar-refractivity contribution in [3.8, 4) is 0 Å². The number of amides is 2. The van der Waals surface area contributed by atoms with E-state index in [1.807, 2.05) is 54.3 Å². The molecule has 184 valence electrons. The molecule has 0 aliphatic carbocycles. The lowest BCUT2D eigenvalue weighted by Gasteiger charge is -2.46. The predicted molar refractivity (Wildman–Crippen MR) is 142 cm³/mol. The summed E-state index contributed by atoms with van der Waals surface area (Å²) in [6, 6.07) is 25.8. The van der Waals surface area contributed by atoms with Gasteiger partial charge in [0.05, 0.1) is 6.42 Å². The van der Waals surface area contributed by atoms with Crippen LogP contribution in [0, 0.1) is 6.92 Å². The fourth-order valence-electron chi connectivity index (χ4n) is 4.83. The van der Waals surface area contributed by atoms with Gasteiger partial charge in [-0.3, -0.25) is 24.3 Å². The zero-order valence-electron chi connectivity index (χ0n) is 20.8. The standard InChI is InChI=1S/C29H31N5O2/c1-3-22-11-15-25(16-12-22)33-19-32(18-23-7-5-4-6-8-23)20-34-26(17-27(35)31-29(33)34)28(36)30-24-13-9-21(2)10-14-24/h4-16,26H,3,17-20H2,1-2H3,(H,30,36)/p+1/t26-/m0/s1. The molecular formula is C29H32N5O2+. The van der Waals surface area contributed by atoms with Gasteiger partial charge in [0.25, 0.3) is 5.91 Å². The number of hydrogen-bond acceptors (Lipinski definition) is 4. The molecule has 3 aromatic rings. The summed E-state index contributed by atoms with van der Waals surface area (Å²) in [7, 11) is 0. The largest absolute Gasteiger partial charge is 0.324 e. The maximum absolute atomic E-state index is 13.5. The number of hydrogen-bond donors (Lipinski definition) is 2. The molecule has 2 N–H and O–H groups in total. The molecule has 2 atom stereocenters. The summed E-state index contributed by atoms with van der Waals surface area (Å²) in [5.74, 6) is 0.0882. The van der Waals surface area contributed by atoms with Crippen molar-refractivity contribution in [3.63, 3.8) is 0 Å². The SMILES string of the molecule is CCc1ccc(N2C[NH+](Cc3ccccc3)CN3C2=NC(=O)C[C@H]3C(=O)Nc2ccc(C)cc2)cc1. The van der Waals surface area contributed by atoms with Crippen molar-refractivity contribution >= 4 is 29.1 Å². The molecule has 0 radical (unpaired) electrons. The van der Waals surface area contributed by atoms with Crippen LogP contribution in [0.1, 0.15) is 30.0 Å². The van der Waals surface area contributed by atoms with Gasteiger partial charge in [0.15, 0.2) is 13.3 Å². The Morgan fingerprint density at radius 1 is 0.972 bits per heavy atom. The third-order valence-electron chi connectivity index (χ3n) is 6.82. The second-order valence-electron chi connectivity index (χ2n) is 9.53. The number of nitrogens with one attached hydrogen (secondary N) is 2. The van der Waals surface area contributed by atoms with Crippen molar-refractivity contribution in [1.82, 2.24) is 4.90 Å². The van der Waals surface area contributed by atoms with Crippen LogP contribution in [0.2, 0.25) is 0 Å². The van der Waals surface area contributed by atoms with Gasteiger partial charge in [-0.2, -0.15) is 4.99 Å². The van der Waals surface area contributed by atoms with E-state index in [4.69, 9.17) is 0 Å². The topological polar surface area (TPSA) is 69.5 Å². The number of benzene rings is 3. The van der Waals surface area contributed by atoms with E-state index in [9.17, 15) is 9.59 Å². The number of carbonyl (C=O) groups excluding carboxylic acids is 2. The summed E-state index contributed by atoms with van der Waals surface area (Å²) in [5.41, 5.74) is 5.28. The summed E-state index contributed by atoms with van der Waals surface area (Å²) in [4.78, 5) is 36.0. The van der Waals surface area contributed by atoms with Crippen molar-refractivity contribution in [2.75, 3.05) is 23.6 Å². The molecule has 5 rings (SSSR count). The molecule has 0 aromatic heterocycles. The first-order chi connectivity index (χ1) is 17.5. The zero-order valence-corrected chi connectivity index (χ0v) is 20.8. The lowest BCUT2D eigenvalue weighted by Crippen LogP contribution is -3.16. The normalized spacial score (nSPS) is 19.5. The van der Waals surface area contributed by atoms with Crippen LogP contribution in [0.4, 0.5) is 11.4 Å². The van der Waals surface area contributed by atoms with Gasteiger partial charge in [-0.25, -0.2) is 0 Å². The fraction of sp³-hybridized carbons (Fsp3) is 0.276. The van der Waals surface area contributed by atoms with Crippen LogP contribution in [0.3, 0.4) is 0 Å². The molecule has 2 aliphatic rings. The lowest BCUT2D eigenvalue weighted by molar-refractivity contribution is -0.924. The van der Waals surface area contributed by atoms with Crippen molar-refractivity contribution in [1.29, 1.82) is 0 Å². The van der Waals surface area contributed by atoms with E-state index >= 15 is 0 Å². The van der Waals surface area contributed by atoms with Gasteiger partial charge in [-0.05, 0) is 43.2 Å². The average Bonchev–Trinajstić information content (AvgIpc) is 2.90. The minimum atomic E-state index is -0.630. The Morgan fingerprint density at radius 2 is 1.69 bits per heavy atom. The summed E-state index contributed by atoms with van der Waals surface area (Å²) >= 11 is 0. The highest BCUT2D eigenvalue weighted by Gasteiger charge is 2.43. The number of fused-ring (bicyclic) bond motifs is 1. The molecule has 1 unspecified atom stereocenters. The highest BCUT2D eigenvalue weighted by molar-refractivity contribution is 6.09. The smallest absolute Gasteiger partial charge is 0.251 e. The second-order valence-corrected chi connectivity index (χ2v) is 9.53. The molecule has 0 saturated carbocycles. The van der Waals surface area contributed by atoms with Crippen LogP contribution in [0.5, 0.6) is 0 Å². The van der Waals surface area contributed by atoms with Gasteiger partial charge >= 0.3 is 0 Å². The minimum Gasteiger partial charge on any atom is -0.324 e. The van der Waals surface area contributed by atoms with Gasteiger partial charge in [0, 0.05) is 16.9 Å². The number of aliphatic imine (C=N–C) groups is 1. The van der Waals surface area contributed by atoms with E-state index < -0.39 is 6.04 Å². The summed E-state index contributed by atoms with van der Waals surface area (Å²) < 4.78 is 0. The van der Waals surface area contributed by atoms with E-state index in [0.717, 1.165) is 29.9 Å². The Kier molecular flexibility index (Phi) is 6.82. The summed E-state index contributed by atoms with van der Waals surface area (Å²) in [6.45, 7) is 6.17. The molecule has 1 saturated heterocycles. The highest BCUT2D eigenvalue weighted by Crippen LogP contribution is 2.24. The summed E-state index contributed by atoms with van der Waals surface area (Å²) in [6.07, 6.45) is 1.01. The van der Waals surface area contributed by atoms with Crippen molar-refractivity contribution in [3.05, 3.63) is 95.6 Å². The Balaban J connectivity index is 1.46. The van der Waals surface area contributed by atoms with Crippen LogP contribution in [-0.2, 0) is 22.6 Å². The van der Waals surface area contributed by atoms with Crippen LogP contribution >= 0.6 is 0 Å². The first-order valence-corrected chi connectivity index (χ1v) is 12.5. The third-order valence-corrected chi connectivity index (χ3v) is 6.82. The maximum Gasteiger partial charge on any atom is 0.251 e. The monoisotopic (exact) mass is 482 g/mol. The van der Waals surface area contributed by atoms with Gasteiger partial charge in [-0.15, -0.1) is 0 Å². The van der Waals surface area contributed by atoms with E-state index in [1.165, 1.54) is 16.0 Å². The van der Waals surface area contributed by atoms with Crippen molar-refractivity contribution in [2.45, 2.75) is 39.3 Å². The van der Waals surface area contributed by atoms with Gasteiger partial charge < -0.3 is 5.32 Å². The molecule has 2 aliphatic heterocycles. The quantitative estimate of drug-likeness (QED) is 0.567. The fourth-order valence-corrected chi connectivity index (χ4v) is 4.83. The summed E-state index contributed by atoms with van der Waals surface area (Å²) in [5, 5.41) is 3.01. The van der Waals surface area contributed by atoms with E-state index in [2.05, 4.69) is 58.5 Å². The van der Waals surface area contributed by atoms with Gasteiger partial charge in [0.2, 0.25) is 11.9 Å². The molecule has 7 heteroatoms. The molecule has 3 aromatic carbocycles. The van der Waals surface area contributed by atoms with E-state index in [1.54, 1.807) is 0 Å². The maximum atomic E-state index is 13.5. The Morgan fingerprint density at radius 3 is 2.39 bits per heavy atom. The molecule has 7 nitrogen and oxygen atoms in total. The van der Waals surface area contributed by atoms with Crippen molar-refractivity contribution < 1.29 is 14.5 Å². The number of anilines is 2. The molecule has 2 heterocycles. The Hall–Kier alpha value is -3.97. The Bertz CT molecular complexity index is 1260. The van der Waals surface area contributed by atoms with Crippen LogP contribution < -0.4 is 15.1 Å². The van der Waals surface area contributed by atoms with Crippen LogP contribution in [0.15, 0.2) is 83.9 Å². The predicted octanol–water partition coefficient (Wildman–Crippen LogP) is 2.97. The minimum absolute atomic E-state index is 0.0580. The van der Waals surface area contributed by atoms with Crippen LogP contribution in [-0.4, -0.2) is 42.1 Å². The molecule has 0 bridgehead atoms. The number of rotatable bonds is 6. The average molecular weight is 483 g/mol. The van der Waals surface area contributed by atoms with Crippen LogP contribution in [0.25, 0.3) is 0 Å². The lowest BCUT2D eigenvalue weighted by atomic mass is 10.1. The first kappa shape index (κ1) is 23.8. The molecule has 2 amide bonds. The van der Waals surface area contributed by atoms with Gasteiger partial charge in [0.1, 0.15) is 12.6 Å².